The summed E-state index contributed by atoms with van der Waals surface area (Å²) in [4.78, 5) is 5.03. The maximum atomic E-state index is 9.92. The Morgan fingerprint density at radius 2 is 1.70 bits per heavy atom. The highest BCUT2D eigenvalue weighted by Gasteiger charge is 2.60. The molecule has 7 nitrogen and oxygen atoms in total. The molecule has 0 amide bonds. The van der Waals surface area contributed by atoms with Crippen molar-refractivity contribution in [1.82, 2.24) is 0 Å². The number of nitrogens with zero attached hydrogens (tertiary/aromatic N) is 2. The first-order valence-corrected chi connectivity index (χ1v) is 10.8. The summed E-state index contributed by atoms with van der Waals surface area (Å²) in [5.41, 5.74) is 3.20. The van der Waals surface area contributed by atoms with Gasteiger partial charge >= 0.3 is 0 Å². The van der Waals surface area contributed by atoms with Gasteiger partial charge in [0.2, 0.25) is 20.0 Å². The van der Waals surface area contributed by atoms with Crippen molar-refractivity contribution in [3.8, 4) is 11.5 Å². The second-order valence-electron chi connectivity index (χ2n) is 8.81. The number of hydrogen-bond acceptors (Lipinski definition) is 4. The predicted molar refractivity (Wildman–Crippen MR) is 114 cm³/mol. The van der Waals surface area contributed by atoms with E-state index < -0.39 is 0 Å². The number of quaternary nitrogens is 3. The molecule has 0 saturated carbocycles. The molecule has 0 radical (unpaired) electrons. The van der Waals surface area contributed by atoms with E-state index in [4.69, 9.17) is 9.84 Å². The molecule has 156 valence electrons. The molecule has 4 aliphatic heterocycles. The number of rotatable bonds is 6. The Morgan fingerprint density at radius 1 is 1.03 bits per heavy atom. The van der Waals surface area contributed by atoms with E-state index >= 15 is 0 Å². The van der Waals surface area contributed by atoms with Crippen molar-refractivity contribution < 1.29 is 24.5 Å². The van der Waals surface area contributed by atoms with Crippen molar-refractivity contribution in [3.05, 3.63) is 59.7 Å². The van der Waals surface area contributed by atoms with E-state index in [1.54, 1.807) is 33.0 Å². The zero-order valence-corrected chi connectivity index (χ0v) is 17.4. The summed E-state index contributed by atoms with van der Waals surface area (Å²) in [5.74, 6) is 0.612. The highest BCUT2D eigenvalue weighted by Crippen LogP contribution is 2.26. The van der Waals surface area contributed by atoms with Gasteiger partial charge in [0.1, 0.15) is 19.6 Å². The number of benzene rings is 2. The van der Waals surface area contributed by atoms with E-state index in [0.29, 0.717) is 12.4 Å². The third-order valence-electron chi connectivity index (χ3n) is 6.46. The van der Waals surface area contributed by atoms with Crippen molar-refractivity contribution in [3.63, 3.8) is 0 Å². The first-order chi connectivity index (χ1) is 14.6. The van der Waals surface area contributed by atoms with Crippen molar-refractivity contribution in [2.24, 2.45) is 15.6 Å². The highest BCUT2D eigenvalue weighted by atomic mass is 16.5. The molecule has 6 rings (SSSR count). The van der Waals surface area contributed by atoms with Crippen LogP contribution in [-0.4, -0.2) is 63.3 Å². The van der Waals surface area contributed by atoms with Crippen LogP contribution in [0, 0.1) is 5.41 Å². The maximum absolute atomic E-state index is 9.92. The van der Waals surface area contributed by atoms with Crippen LogP contribution in [0.4, 0.5) is 0 Å². The van der Waals surface area contributed by atoms with Gasteiger partial charge in [-0.2, -0.15) is 10.2 Å². The van der Waals surface area contributed by atoms with Crippen LogP contribution in [0.5, 0.6) is 11.5 Å². The summed E-state index contributed by atoms with van der Waals surface area (Å²) in [6.45, 7) is 9.49. The Bertz CT molecular complexity index is 938. The lowest BCUT2D eigenvalue weighted by atomic mass is 9.74. The third-order valence-corrected chi connectivity index (χ3v) is 6.46. The Hall–Kier alpha value is -2.74. The van der Waals surface area contributed by atoms with Crippen LogP contribution in [0.3, 0.4) is 0 Å². The van der Waals surface area contributed by atoms with Crippen LogP contribution in [-0.2, 0) is 0 Å². The molecular formula is C23H30N5O2+3. The fourth-order valence-corrected chi connectivity index (χ4v) is 5.60. The summed E-state index contributed by atoms with van der Waals surface area (Å²) in [7, 11) is 0. The van der Waals surface area contributed by atoms with Gasteiger partial charge in [-0.25, -0.2) is 14.7 Å². The zero-order chi connectivity index (χ0) is 20.6. The summed E-state index contributed by atoms with van der Waals surface area (Å²) >= 11 is 0. The average Bonchev–Trinajstić information content (AvgIpc) is 2.73. The van der Waals surface area contributed by atoms with Crippen molar-refractivity contribution >= 4 is 11.9 Å². The molecule has 4 saturated heterocycles. The minimum absolute atomic E-state index is 0.0683. The molecule has 2 aromatic rings. The lowest BCUT2D eigenvalue weighted by Gasteiger charge is -2.52. The Balaban J connectivity index is 1.48. The highest BCUT2D eigenvalue weighted by molar-refractivity contribution is 6.05. The first-order valence-electron chi connectivity index (χ1n) is 10.8. The second-order valence-corrected chi connectivity index (χ2v) is 8.81. The molecule has 7 heteroatoms. The monoisotopic (exact) mass is 408 g/mol. The summed E-state index contributed by atoms with van der Waals surface area (Å²) < 4.78 is 5.48. The lowest BCUT2D eigenvalue weighted by molar-refractivity contribution is -1.30. The van der Waals surface area contributed by atoms with Crippen LogP contribution >= 0.6 is 0 Å². The number of phenols is 1. The molecule has 0 atom stereocenters. The molecule has 0 unspecified atom stereocenters. The number of aromatic hydroxyl groups is 1. The second kappa shape index (κ2) is 7.83. The number of phenolic OH excluding ortho intramolecular Hbond substituents is 1. The molecule has 4 N–H and O–H groups in total. The molecular weight excluding hydrogens is 378 g/mol. The van der Waals surface area contributed by atoms with Gasteiger partial charge in [0, 0.05) is 0 Å². The predicted octanol–water partition coefficient (Wildman–Crippen LogP) is -1.83. The topological polar surface area (TPSA) is 67.5 Å². The molecule has 4 heterocycles. The van der Waals surface area contributed by atoms with Crippen LogP contribution in [0.1, 0.15) is 18.1 Å². The van der Waals surface area contributed by atoms with Crippen molar-refractivity contribution in [1.29, 1.82) is 0 Å². The van der Waals surface area contributed by atoms with Gasteiger partial charge < -0.3 is 9.84 Å². The van der Waals surface area contributed by atoms with E-state index in [2.05, 4.69) is 29.4 Å². The zero-order valence-electron chi connectivity index (χ0n) is 17.4. The van der Waals surface area contributed by atoms with Gasteiger partial charge in [-0.1, -0.05) is 30.3 Å². The molecule has 0 spiro atoms. The van der Waals surface area contributed by atoms with Gasteiger partial charge in [-0.15, -0.1) is 0 Å². The lowest BCUT2D eigenvalue weighted by Crippen LogP contribution is -3.56. The molecule has 4 bridgehead atoms. The summed E-state index contributed by atoms with van der Waals surface area (Å²) in [6.07, 6.45) is 1.75. The van der Waals surface area contributed by atoms with Gasteiger partial charge in [0.25, 0.3) is 0 Å². The fraction of sp³-hybridized carbons (Fsp3) is 0.391. The van der Waals surface area contributed by atoms with E-state index in [1.807, 2.05) is 19.1 Å². The largest absolute Gasteiger partial charge is 0.504 e. The molecule has 0 aliphatic carbocycles. The van der Waals surface area contributed by atoms with Crippen molar-refractivity contribution in [2.75, 3.05) is 46.2 Å². The molecule has 2 aromatic carbocycles. The molecule has 4 aliphatic rings. The van der Waals surface area contributed by atoms with Crippen molar-refractivity contribution in [2.45, 2.75) is 6.92 Å². The molecule has 0 aromatic heterocycles. The minimum atomic E-state index is 0.0683. The smallest absolute Gasteiger partial charge is 0.213 e. The minimum Gasteiger partial charge on any atom is -0.504 e. The van der Waals surface area contributed by atoms with E-state index in [-0.39, 0.29) is 11.2 Å². The van der Waals surface area contributed by atoms with E-state index in [1.165, 1.54) is 25.6 Å². The van der Waals surface area contributed by atoms with Crippen LogP contribution in [0.25, 0.3) is 0 Å². The van der Waals surface area contributed by atoms with Crippen LogP contribution in [0.2, 0.25) is 0 Å². The van der Waals surface area contributed by atoms with Gasteiger partial charge in [0.15, 0.2) is 16.9 Å². The van der Waals surface area contributed by atoms with Gasteiger partial charge in [-0.05, 0) is 36.2 Å². The normalized spacial score (nSPS) is 30.2. The maximum Gasteiger partial charge on any atom is 0.213 e. The first kappa shape index (κ1) is 19.2. The fourth-order valence-electron chi connectivity index (χ4n) is 5.60. The quantitative estimate of drug-likeness (QED) is 0.336. The molecule has 4 fully saturated rings. The SMILES string of the molecule is CCOc1cc(/C=N/N=C(\c2ccccc2)C23C[NH+]4C[NH+](C[NH+](C4)C2)C3)ccc1O. The van der Waals surface area contributed by atoms with Crippen LogP contribution < -0.4 is 19.4 Å². The standard InChI is InChI=1S/C23H27N5O2/c1-2-30-21-10-18(8-9-20(21)29)11-24-25-22(19-6-4-3-5-7-19)23-12-26-15-27(13-23)17-28(14-23)16-26/h3-11,29H,2,12-17H2,1H3/p+3/b24-11+,25-22+. The number of ether oxygens (including phenoxy) is 1. The Kier molecular flexibility index (Phi) is 5.02. The third kappa shape index (κ3) is 3.60. The average molecular weight is 409 g/mol. The Labute approximate surface area is 176 Å². The summed E-state index contributed by atoms with van der Waals surface area (Å²) in [6, 6.07) is 15.8. The van der Waals surface area contributed by atoms with Gasteiger partial charge in [-0.3, -0.25) is 0 Å². The number of hydrogen-bond donors (Lipinski definition) is 4. The number of nitrogens with one attached hydrogen (secondary N) is 3. The Morgan fingerprint density at radius 3 is 2.33 bits per heavy atom. The summed E-state index contributed by atoms with van der Waals surface area (Å²) in [5, 5.41) is 19.2. The van der Waals surface area contributed by atoms with Gasteiger partial charge in [0.05, 0.1) is 18.5 Å². The van der Waals surface area contributed by atoms with E-state index in [9.17, 15) is 5.11 Å². The van der Waals surface area contributed by atoms with E-state index in [0.717, 1.165) is 30.9 Å². The molecule has 30 heavy (non-hydrogen) atoms. The van der Waals surface area contributed by atoms with Crippen LogP contribution in [0.15, 0.2) is 58.7 Å².